The number of nitrogens with one attached hydrogen (secondary N) is 2. The number of thioether (sulfide) groups is 1. The second-order valence-electron chi connectivity index (χ2n) is 6.78. The summed E-state index contributed by atoms with van der Waals surface area (Å²) in [4.78, 5) is 15.4. The number of hydrogen-bond acceptors (Lipinski definition) is 9. The van der Waals surface area contributed by atoms with Gasteiger partial charge in [-0.15, -0.1) is 11.3 Å². The number of fused-ring (bicyclic) bond motifs is 1. The molecule has 1 unspecified atom stereocenters. The van der Waals surface area contributed by atoms with Gasteiger partial charge in [0.2, 0.25) is 0 Å². The maximum absolute atomic E-state index is 9.47. The largest absolute Gasteiger partial charge is 0.394 e. The van der Waals surface area contributed by atoms with Gasteiger partial charge in [0.25, 0.3) is 0 Å². The smallest absolute Gasteiger partial charge is 0.191 e. The van der Waals surface area contributed by atoms with Crippen molar-refractivity contribution in [1.29, 1.82) is 0 Å². The lowest BCUT2D eigenvalue weighted by Crippen LogP contribution is -2.20. The topological polar surface area (TPSA) is 83.0 Å². The number of thiazole rings is 1. The lowest BCUT2D eigenvalue weighted by Gasteiger charge is -2.12. The van der Waals surface area contributed by atoms with Crippen molar-refractivity contribution in [3.8, 4) is 0 Å². The SMILES string of the molecule is CC(CO)Nc1nc(SCc2ccccc2)nc2nc(NCCc3cccs3)sc12. The molecule has 0 saturated carbocycles. The number of thiophene rings is 1. The average Bonchev–Trinajstić information content (AvgIpc) is 3.43. The normalized spacial score (nSPS) is 12.2. The maximum Gasteiger partial charge on any atom is 0.191 e. The number of benzene rings is 1. The van der Waals surface area contributed by atoms with Crippen molar-refractivity contribution >= 4 is 55.7 Å². The van der Waals surface area contributed by atoms with Crippen molar-refractivity contribution < 1.29 is 5.11 Å². The van der Waals surface area contributed by atoms with Gasteiger partial charge in [-0.1, -0.05) is 59.5 Å². The van der Waals surface area contributed by atoms with Crippen molar-refractivity contribution in [1.82, 2.24) is 15.0 Å². The molecule has 4 aromatic rings. The molecule has 9 heteroatoms. The minimum absolute atomic E-state index is 0.0305. The summed E-state index contributed by atoms with van der Waals surface area (Å²) in [7, 11) is 0. The van der Waals surface area contributed by atoms with E-state index in [1.807, 2.05) is 25.1 Å². The first-order valence-corrected chi connectivity index (χ1v) is 12.4. The highest BCUT2D eigenvalue weighted by atomic mass is 32.2. The summed E-state index contributed by atoms with van der Waals surface area (Å²) >= 11 is 4.89. The molecule has 3 heterocycles. The van der Waals surface area contributed by atoms with Gasteiger partial charge < -0.3 is 15.7 Å². The molecule has 1 aromatic carbocycles. The van der Waals surface area contributed by atoms with Crippen LogP contribution in [-0.2, 0) is 12.2 Å². The number of nitrogens with zero attached hydrogens (tertiary/aromatic N) is 3. The van der Waals surface area contributed by atoms with Gasteiger partial charge in [-0.2, -0.15) is 4.98 Å². The molecule has 0 bridgehead atoms. The van der Waals surface area contributed by atoms with E-state index in [1.165, 1.54) is 21.8 Å². The molecule has 0 radical (unpaired) electrons. The van der Waals surface area contributed by atoms with Crippen molar-refractivity contribution in [3.63, 3.8) is 0 Å². The molecule has 0 aliphatic carbocycles. The third-order valence-corrected chi connectivity index (χ3v) is 7.19. The predicted molar refractivity (Wildman–Crippen MR) is 128 cm³/mol. The summed E-state index contributed by atoms with van der Waals surface area (Å²) in [6.07, 6.45) is 0.962. The van der Waals surface area contributed by atoms with Crippen LogP contribution in [-0.4, -0.2) is 39.3 Å². The molecule has 6 nitrogen and oxygen atoms in total. The van der Waals surface area contributed by atoms with Crippen LogP contribution in [0.3, 0.4) is 0 Å². The summed E-state index contributed by atoms with van der Waals surface area (Å²) in [5, 5.41) is 19.8. The molecule has 4 rings (SSSR count). The Labute approximate surface area is 187 Å². The van der Waals surface area contributed by atoms with Crippen molar-refractivity contribution in [2.45, 2.75) is 30.3 Å². The fourth-order valence-corrected chi connectivity index (χ4v) is 5.18. The van der Waals surface area contributed by atoms with Crippen molar-refractivity contribution in [3.05, 3.63) is 58.3 Å². The van der Waals surface area contributed by atoms with Gasteiger partial charge in [0.15, 0.2) is 21.8 Å². The molecule has 3 aromatic heterocycles. The van der Waals surface area contributed by atoms with Gasteiger partial charge in [-0.05, 0) is 30.4 Å². The number of aromatic nitrogens is 3. The van der Waals surface area contributed by atoms with Crippen molar-refractivity contribution in [2.75, 3.05) is 23.8 Å². The predicted octanol–water partition coefficient (Wildman–Crippen LogP) is 4.89. The molecule has 0 saturated heterocycles. The van der Waals surface area contributed by atoms with Gasteiger partial charge >= 0.3 is 0 Å². The van der Waals surface area contributed by atoms with Crippen LogP contribution in [0.25, 0.3) is 10.3 Å². The van der Waals surface area contributed by atoms with Gasteiger partial charge in [-0.25, -0.2) is 9.97 Å². The number of anilines is 2. The summed E-state index contributed by atoms with van der Waals surface area (Å²) in [5.41, 5.74) is 1.90. The highest BCUT2D eigenvalue weighted by molar-refractivity contribution is 7.98. The average molecular weight is 458 g/mol. The first-order chi connectivity index (χ1) is 14.7. The molecule has 1 atom stereocenters. The van der Waals surface area contributed by atoms with Gasteiger partial charge in [0.1, 0.15) is 4.70 Å². The zero-order chi connectivity index (χ0) is 20.8. The summed E-state index contributed by atoms with van der Waals surface area (Å²) in [6, 6.07) is 14.4. The maximum atomic E-state index is 9.47. The summed E-state index contributed by atoms with van der Waals surface area (Å²) in [6.45, 7) is 2.77. The molecule has 0 fully saturated rings. The molecule has 0 spiro atoms. The van der Waals surface area contributed by atoms with E-state index in [1.54, 1.807) is 23.1 Å². The van der Waals surface area contributed by atoms with E-state index in [0.717, 1.165) is 34.4 Å². The van der Waals surface area contributed by atoms with Gasteiger partial charge in [0.05, 0.1) is 6.61 Å². The van der Waals surface area contributed by atoms with E-state index < -0.39 is 0 Å². The number of aliphatic hydroxyl groups excluding tert-OH is 1. The van der Waals surface area contributed by atoms with Gasteiger partial charge in [0, 0.05) is 23.2 Å². The molecule has 3 N–H and O–H groups in total. The van der Waals surface area contributed by atoms with Crippen LogP contribution in [0.5, 0.6) is 0 Å². The van der Waals surface area contributed by atoms with Crippen LogP contribution in [0, 0.1) is 0 Å². The summed E-state index contributed by atoms with van der Waals surface area (Å²) in [5.74, 6) is 1.51. The molecule has 0 aliphatic heterocycles. The molecule has 0 amide bonds. The first-order valence-electron chi connectivity index (χ1n) is 9.70. The Morgan fingerprint density at radius 3 is 2.73 bits per heavy atom. The Hall–Kier alpha value is -2.20. The zero-order valence-electron chi connectivity index (χ0n) is 16.5. The Morgan fingerprint density at radius 1 is 1.10 bits per heavy atom. The lowest BCUT2D eigenvalue weighted by atomic mass is 10.2. The minimum atomic E-state index is -0.104. The minimum Gasteiger partial charge on any atom is -0.394 e. The number of hydrogen-bond donors (Lipinski definition) is 3. The van der Waals surface area contributed by atoms with E-state index >= 15 is 0 Å². The van der Waals surface area contributed by atoms with E-state index in [9.17, 15) is 5.11 Å². The highest BCUT2D eigenvalue weighted by Gasteiger charge is 2.15. The second-order valence-corrected chi connectivity index (χ2v) is 9.76. The Balaban J connectivity index is 1.53. The fourth-order valence-electron chi connectivity index (χ4n) is 2.79. The van der Waals surface area contributed by atoms with Crippen LogP contribution >= 0.6 is 34.4 Å². The quantitative estimate of drug-likeness (QED) is 0.231. The monoisotopic (exact) mass is 457 g/mol. The number of rotatable bonds is 10. The lowest BCUT2D eigenvalue weighted by molar-refractivity contribution is 0.281. The second kappa shape index (κ2) is 10.2. The van der Waals surface area contributed by atoms with Crippen LogP contribution < -0.4 is 10.6 Å². The molecular weight excluding hydrogens is 434 g/mol. The van der Waals surface area contributed by atoms with E-state index in [0.29, 0.717) is 10.8 Å². The third kappa shape index (κ3) is 5.48. The van der Waals surface area contributed by atoms with Crippen LogP contribution in [0.4, 0.5) is 10.9 Å². The Morgan fingerprint density at radius 2 is 1.97 bits per heavy atom. The van der Waals surface area contributed by atoms with Crippen molar-refractivity contribution in [2.24, 2.45) is 0 Å². The Kier molecular flexibility index (Phi) is 7.16. The Bertz CT molecular complexity index is 1070. The molecule has 156 valence electrons. The molecule has 30 heavy (non-hydrogen) atoms. The highest BCUT2D eigenvalue weighted by Crippen LogP contribution is 2.33. The van der Waals surface area contributed by atoms with Crippen LogP contribution in [0.15, 0.2) is 53.0 Å². The zero-order valence-corrected chi connectivity index (χ0v) is 19.0. The van der Waals surface area contributed by atoms with E-state index in [4.69, 9.17) is 4.98 Å². The van der Waals surface area contributed by atoms with E-state index in [2.05, 4.69) is 50.2 Å². The van der Waals surface area contributed by atoms with Crippen LogP contribution in [0.2, 0.25) is 0 Å². The molecule has 0 aliphatic rings. The van der Waals surface area contributed by atoms with E-state index in [-0.39, 0.29) is 12.6 Å². The van der Waals surface area contributed by atoms with Crippen LogP contribution in [0.1, 0.15) is 17.4 Å². The first kappa shape index (κ1) is 21.0. The number of aliphatic hydroxyl groups is 1. The molecular formula is C21H23N5OS3. The van der Waals surface area contributed by atoms with Gasteiger partial charge in [-0.3, -0.25) is 0 Å². The third-order valence-electron chi connectivity index (χ3n) is 4.33. The standard InChI is InChI=1S/C21H23N5OS3/c1-14(12-27)23-18-17-19(24-20(30-17)22-10-9-16-8-5-11-28-16)26-21(25-18)29-13-15-6-3-2-4-7-15/h2-8,11,14,27H,9-10,12-13H2,1H3,(H2,22,23,24,25,26). The fraction of sp³-hybridized carbons (Fsp3) is 0.286. The summed E-state index contributed by atoms with van der Waals surface area (Å²) < 4.78 is 0.901.